The first-order chi connectivity index (χ1) is 17.5. The third-order valence-corrected chi connectivity index (χ3v) is 4.62. The van der Waals surface area contributed by atoms with Crippen molar-refractivity contribution in [1.29, 1.82) is 0 Å². The van der Waals surface area contributed by atoms with Crippen LogP contribution < -0.4 is 20.6 Å². The highest BCUT2D eigenvalue weighted by atomic mass is 16.6. The van der Waals surface area contributed by atoms with E-state index in [-0.39, 0.29) is 23.0 Å². The molecule has 14 heteroatoms. The smallest absolute Gasteiger partial charge is 0.341 e. The van der Waals surface area contributed by atoms with E-state index in [9.17, 15) is 9.59 Å². The van der Waals surface area contributed by atoms with Gasteiger partial charge in [0.1, 0.15) is 17.2 Å². The Bertz CT molecular complexity index is 1400. The number of hydrazone groups is 1. The van der Waals surface area contributed by atoms with Gasteiger partial charge >= 0.3 is 5.97 Å². The lowest BCUT2D eigenvalue weighted by atomic mass is 10.1. The molecule has 2 aromatic carbocycles. The van der Waals surface area contributed by atoms with Crippen LogP contribution >= 0.6 is 0 Å². The minimum Gasteiger partial charge on any atom is -0.494 e. The highest BCUT2D eigenvalue weighted by molar-refractivity contribution is 5.99. The van der Waals surface area contributed by atoms with Gasteiger partial charge in [0, 0.05) is 5.56 Å². The van der Waals surface area contributed by atoms with Gasteiger partial charge in [0.2, 0.25) is 11.6 Å². The first kappa shape index (κ1) is 23.9. The van der Waals surface area contributed by atoms with Crippen molar-refractivity contribution in [2.45, 2.75) is 6.92 Å². The number of carbonyl (C=O) groups is 2. The van der Waals surface area contributed by atoms with Crippen molar-refractivity contribution < 1.29 is 28.8 Å². The molecule has 0 radical (unpaired) electrons. The van der Waals surface area contributed by atoms with E-state index in [1.54, 1.807) is 48.5 Å². The Kier molecular flexibility index (Phi) is 7.14. The van der Waals surface area contributed by atoms with E-state index in [1.807, 2.05) is 6.92 Å². The molecule has 0 unspecified atom stereocenters. The summed E-state index contributed by atoms with van der Waals surface area (Å²) in [4.78, 5) is 23.6. The molecule has 1 amide bonds. The van der Waals surface area contributed by atoms with Crippen molar-refractivity contribution in [3.63, 3.8) is 0 Å². The molecule has 14 nitrogen and oxygen atoms in total. The van der Waals surface area contributed by atoms with Crippen LogP contribution in [0.4, 0.5) is 5.82 Å². The van der Waals surface area contributed by atoms with Crippen molar-refractivity contribution in [3.8, 4) is 28.6 Å². The number of hydrogen-bond donors (Lipinski definition) is 3. The molecule has 4 N–H and O–H groups in total. The molecule has 0 spiro atoms. The van der Waals surface area contributed by atoms with E-state index in [1.165, 1.54) is 10.9 Å². The molecule has 4 rings (SSSR count). The van der Waals surface area contributed by atoms with Crippen LogP contribution in [-0.4, -0.2) is 61.7 Å². The lowest BCUT2D eigenvalue weighted by molar-refractivity contribution is -0.139. The monoisotopic (exact) mass is 492 g/mol. The topological polar surface area (TPSA) is 193 Å². The molecule has 0 saturated heterocycles. The summed E-state index contributed by atoms with van der Waals surface area (Å²) in [5.74, 6) is -0.739. The second-order valence-electron chi connectivity index (χ2n) is 7.08. The fraction of sp³-hybridized carbons (Fsp3) is 0.136. The SMILES string of the molecule is CCOc1cccc(-c2c(C(=O)N/N=C/c3ccc(OCC(=O)O)cc3)nnn2-c2nonc2N)c1. The average molecular weight is 492 g/mol. The van der Waals surface area contributed by atoms with Gasteiger partial charge in [0.05, 0.1) is 12.8 Å². The van der Waals surface area contributed by atoms with Crippen LogP contribution in [0.2, 0.25) is 0 Å². The summed E-state index contributed by atoms with van der Waals surface area (Å²) >= 11 is 0. The van der Waals surface area contributed by atoms with E-state index < -0.39 is 18.5 Å². The van der Waals surface area contributed by atoms with E-state index in [0.29, 0.717) is 29.2 Å². The number of hydrogen-bond acceptors (Lipinski definition) is 11. The van der Waals surface area contributed by atoms with Gasteiger partial charge in [-0.2, -0.15) is 9.78 Å². The minimum atomic E-state index is -1.08. The molecule has 0 aliphatic rings. The van der Waals surface area contributed by atoms with Crippen LogP contribution in [-0.2, 0) is 4.79 Å². The largest absolute Gasteiger partial charge is 0.494 e. The maximum absolute atomic E-state index is 13.0. The van der Waals surface area contributed by atoms with Crippen molar-refractivity contribution in [2.24, 2.45) is 5.10 Å². The Morgan fingerprint density at radius 2 is 1.97 bits per heavy atom. The van der Waals surface area contributed by atoms with Gasteiger partial charge in [-0.3, -0.25) is 4.79 Å². The molecule has 0 aliphatic carbocycles. The molecule has 2 heterocycles. The van der Waals surface area contributed by atoms with Gasteiger partial charge < -0.3 is 20.3 Å². The van der Waals surface area contributed by atoms with Gasteiger partial charge in [-0.05, 0) is 59.2 Å². The Morgan fingerprint density at radius 1 is 1.17 bits per heavy atom. The normalized spacial score (nSPS) is 10.9. The molecule has 0 bridgehead atoms. The third kappa shape index (κ3) is 5.44. The van der Waals surface area contributed by atoms with E-state index in [4.69, 9.17) is 20.3 Å². The van der Waals surface area contributed by atoms with Crippen molar-refractivity contribution in [2.75, 3.05) is 18.9 Å². The molecule has 2 aromatic heterocycles. The number of carboxylic acids is 1. The van der Waals surface area contributed by atoms with Crippen LogP contribution in [0.25, 0.3) is 17.1 Å². The number of ether oxygens (including phenoxy) is 2. The second-order valence-corrected chi connectivity index (χ2v) is 7.08. The van der Waals surface area contributed by atoms with Crippen LogP contribution in [0, 0.1) is 0 Å². The number of amides is 1. The first-order valence-electron chi connectivity index (χ1n) is 10.5. The number of anilines is 1. The van der Waals surface area contributed by atoms with Crippen LogP contribution in [0.3, 0.4) is 0 Å². The molecule has 0 aliphatic heterocycles. The fourth-order valence-electron chi connectivity index (χ4n) is 3.09. The maximum Gasteiger partial charge on any atom is 0.341 e. The molecular weight excluding hydrogens is 472 g/mol. The summed E-state index contributed by atoms with van der Waals surface area (Å²) in [6.07, 6.45) is 1.40. The zero-order valence-corrected chi connectivity index (χ0v) is 18.9. The van der Waals surface area contributed by atoms with Gasteiger partial charge in [-0.1, -0.05) is 17.3 Å². The first-order valence-corrected chi connectivity index (χ1v) is 10.5. The predicted molar refractivity (Wildman–Crippen MR) is 125 cm³/mol. The van der Waals surface area contributed by atoms with Crippen LogP contribution in [0.5, 0.6) is 11.5 Å². The summed E-state index contributed by atoms with van der Waals surface area (Å²) in [7, 11) is 0. The zero-order valence-electron chi connectivity index (χ0n) is 18.9. The zero-order chi connectivity index (χ0) is 25.5. The van der Waals surface area contributed by atoms with Crippen molar-refractivity contribution in [3.05, 3.63) is 59.8 Å². The minimum absolute atomic E-state index is 0.0390. The molecule has 0 saturated carbocycles. The Morgan fingerprint density at radius 3 is 2.67 bits per heavy atom. The van der Waals surface area contributed by atoms with Gasteiger partial charge in [0.25, 0.3) is 5.91 Å². The molecule has 4 aromatic rings. The summed E-state index contributed by atoms with van der Waals surface area (Å²) in [6.45, 7) is 1.86. The molecule has 36 heavy (non-hydrogen) atoms. The average Bonchev–Trinajstić information content (AvgIpc) is 3.50. The third-order valence-electron chi connectivity index (χ3n) is 4.62. The highest BCUT2D eigenvalue weighted by Gasteiger charge is 2.25. The van der Waals surface area contributed by atoms with E-state index in [2.05, 4.69) is 35.8 Å². The predicted octanol–water partition coefficient (Wildman–Crippen LogP) is 1.53. The number of nitrogens with two attached hydrogens (primary N) is 1. The molecule has 0 atom stereocenters. The Balaban J connectivity index is 1.58. The summed E-state index contributed by atoms with van der Waals surface area (Å²) < 4.78 is 16.6. The number of benzene rings is 2. The molecule has 184 valence electrons. The second kappa shape index (κ2) is 10.8. The summed E-state index contributed by atoms with van der Waals surface area (Å²) in [5, 5.41) is 27.9. The van der Waals surface area contributed by atoms with E-state index >= 15 is 0 Å². The van der Waals surface area contributed by atoms with Crippen molar-refractivity contribution >= 4 is 23.9 Å². The summed E-state index contributed by atoms with van der Waals surface area (Å²) in [6, 6.07) is 13.4. The summed E-state index contributed by atoms with van der Waals surface area (Å²) in [5.41, 5.74) is 9.64. The van der Waals surface area contributed by atoms with E-state index in [0.717, 1.165) is 0 Å². The van der Waals surface area contributed by atoms with Gasteiger partial charge in [-0.15, -0.1) is 5.10 Å². The van der Waals surface area contributed by atoms with Crippen LogP contribution in [0.15, 0.2) is 58.3 Å². The number of nitrogens with zero attached hydrogens (tertiary/aromatic N) is 6. The Labute approximate surface area is 203 Å². The quantitative estimate of drug-likeness (QED) is 0.215. The standard InChI is InChI=1S/C22H20N8O6/c1-2-34-16-5-3-4-14(10-16)19-18(25-29-30(19)21-20(23)27-36-28-21)22(33)26-24-11-13-6-8-15(9-7-13)35-12-17(31)32/h3-11H,2,12H2,1H3,(H2,23,27)(H,26,33)(H,31,32)/b24-11+. The lowest BCUT2D eigenvalue weighted by Crippen LogP contribution is -2.19. The molecule has 0 fully saturated rings. The molecular formula is C22H20N8O6. The Hall–Kier alpha value is -5.27. The lowest BCUT2D eigenvalue weighted by Gasteiger charge is -2.08. The van der Waals surface area contributed by atoms with Crippen molar-refractivity contribution in [1.82, 2.24) is 30.7 Å². The highest BCUT2D eigenvalue weighted by Crippen LogP contribution is 2.29. The number of aliphatic carboxylic acids is 1. The number of carboxylic acid groups (broad SMARTS) is 1. The number of nitrogens with one attached hydrogen (secondary N) is 1. The number of rotatable bonds is 10. The van der Waals surface area contributed by atoms with Crippen LogP contribution in [0.1, 0.15) is 23.0 Å². The van der Waals surface area contributed by atoms with Gasteiger partial charge in [-0.25, -0.2) is 14.8 Å². The number of nitrogen functional groups attached to an aromatic ring is 1. The maximum atomic E-state index is 13.0. The van der Waals surface area contributed by atoms with Gasteiger partial charge in [0.15, 0.2) is 12.3 Å². The fourth-order valence-corrected chi connectivity index (χ4v) is 3.09. The number of aromatic nitrogens is 5. The number of carbonyl (C=O) groups excluding carboxylic acids is 1.